The number of anilines is 1. The van der Waals surface area contributed by atoms with Crippen molar-refractivity contribution in [1.29, 1.82) is 0 Å². The Balaban J connectivity index is 1.83. The van der Waals surface area contributed by atoms with Gasteiger partial charge in [-0.3, -0.25) is 9.59 Å². The molecule has 5 nitrogen and oxygen atoms in total. The molecular formula is C15H13ClF3NO4. The summed E-state index contributed by atoms with van der Waals surface area (Å²) >= 11 is 5.85. The summed E-state index contributed by atoms with van der Waals surface area (Å²) in [5, 5.41) is 11.5. The van der Waals surface area contributed by atoms with E-state index in [0.29, 0.717) is 12.8 Å². The quantitative estimate of drug-likeness (QED) is 0.865. The topological polar surface area (TPSA) is 75.6 Å². The smallest absolute Gasteiger partial charge is 0.416 e. The molecule has 9 heteroatoms. The summed E-state index contributed by atoms with van der Waals surface area (Å²) in [5.74, 6) is -3.81. The zero-order chi connectivity index (χ0) is 17.6. The third-order valence-corrected chi connectivity index (χ3v) is 4.74. The molecule has 2 heterocycles. The van der Waals surface area contributed by atoms with Crippen LogP contribution in [0.5, 0.6) is 0 Å². The zero-order valence-electron chi connectivity index (χ0n) is 12.1. The van der Waals surface area contributed by atoms with Crippen molar-refractivity contribution in [3.8, 4) is 0 Å². The molecule has 0 spiro atoms. The van der Waals surface area contributed by atoms with Gasteiger partial charge in [-0.05, 0) is 31.0 Å². The first-order valence-electron chi connectivity index (χ1n) is 7.24. The van der Waals surface area contributed by atoms with Crippen molar-refractivity contribution >= 4 is 29.2 Å². The third kappa shape index (κ3) is 2.95. The number of carbonyl (C=O) groups is 2. The lowest BCUT2D eigenvalue weighted by atomic mass is 9.78. The highest BCUT2D eigenvalue weighted by atomic mass is 35.5. The lowest BCUT2D eigenvalue weighted by molar-refractivity contribution is -0.147. The van der Waals surface area contributed by atoms with Crippen molar-refractivity contribution in [1.82, 2.24) is 0 Å². The van der Waals surface area contributed by atoms with Gasteiger partial charge in [0.05, 0.1) is 40.3 Å². The van der Waals surface area contributed by atoms with Gasteiger partial charge in [-0.25, -0.2) is 0 Å². The minimum atomic E-state index is -4.58. The number of carbonyl (C=O) groups excluding carboxylic acids is 1. The fourth-order valence-corrected chi connectivity index (χ4v) is 3.50. The molecule has 1 amide bonds. The summed E-state index contributed by atoms with van der Waals surface area (Å²) in [6.45, 7) is 0. The number of rotatable bonds is 3. The second-order valence-electron chi connectivity index (χ2n) is 5.86. The van der Waals surface area contributed by atoms with E-state index in [4.69, 9.17) is 16.3 Å². The van der Waals surface area contributed by atoms with Gasteiger partial charge in [-0.1, -0.05) is 11.6 Å². The number of alkyl halides is 3. The molecule has 3 rings (SSSR count). The van der Waals surface area contributed by atoms with Crippen LogP contribution in [0, 0.1) is 11.8 Å². The molecule has 0 saturated carbocycles. The van der Waals surface area contributed by atoms with Gasteiger partial charge < -0.3 is 15.2 Å². The molecule has 0 aromatic heterocycles. The van der Waals surface area contributed by atoms with Crippen molar-refractivity contribution in [3.63, 3.8) is 0 Å². The number of benzene rings is 1. The number of hydrogen-bond acceptors (Lipinski definition) is 3. The zero-order valence-corrected chi connectivity index (χ0v) is 12.9. The summed E-state index contributed by atoms with van der Waals surface area (Å²) in [6.07, 6.45) is -4.57. The summed E-state index contributed by atoms with van der Waals surface area (Å²) < 4.78 is 43.8. The Bertz CT molecular complexity index is 694. The molecule has 0 aliphatic carbocycles. The van der Waals surface area contributed by atoms with Crippen LogP contribution in [0.1, 0.15) is 18.4 Å². The molecule has 2 saturated heterocycles. The van der Waals surface area contributed by atoms with Crippen LogP contribution in [0.25, 0.3) is 0 Å². The molecular weight excluding hydrogens is 351 g/mol. The van der Waals surface area contributed by atoms with Crippen molar-refractivity contribution in [2.75, 3.05) is 5.32 Å². The van der Waals surface area contributed by atoms with Crippen LogP contribution >= 0.6 is 11.6 Å². The molecule has 1 aromatic carbocycles. The number of carboxylic acid groups (broad SMARTS) is 1. The van der Waals surface area contributed by atoms with Crippen LogP contribution in [0.3, 0.4) is 0 Å². The number of fused-ring (bicyclic) bond motifs is 2. The molecule has 0 unspecified atom stereocenters. The Morgan fingerprint density at radius 1 is 1.21 bits per heavy atom. The van der Waals surface area contributed by atoms with Gasteiger partial charge in [0.1, 0.15) is 0 Å². The van der Waals surface area contributed by atoms with Crippen LogP contribution in [0.4, 0.5) is 18.9 Å². The van der Waals surface area contributed by atoms with E-state index in [9.17, 15) is 27.9 Å². The Kier molecular flexibility index (Phi) is 4.21. The van der Waals surface area contributed by atoms with Gasteiger partial charge in [-0.2, -0.15) is 13.2 Å². The summed E-state index contributed by atoms with van der Waals surface area (Å²) in [6, 6.07) is 2.56. The van der Waals surface area contributed by atoms with E-state index in [-0.39, 0.29) is 10.7 Å². The van der Waals surface area contributed by atoms with Crippen LogP contribution in [0.2, 0.25) is 5.02 Å². The molecule has 2 fully saturated rings. The number of amides is 1. The molecule has 130 valence electrons. The minimum Gasteiger partial charge on any atom is -0.481 e. The van der Waals surface area contributed by atoms with Gasteiger partial charge in [0.2, 0.25) is 5.91 Å². The third-order valence-electron chi connectivity index (χ3n) is 4.41. The largest absolute Gasteiger partial charge is 0.481 e. The van der Waals surface area contributed by atoms with Crippen LogP contribution in [-0.4, -0.2) is 29.2 Å². The van der Waals surface area contributed by atoms with Crippen molar-refractivity contribution in [2.45, 2.75) is 31.2 Å². The monoisotopic (exact) mass is 363 g/mol. The molecule has 24 heavy (non-hydrogen) atoms. The number of aliphatic carboxylic acids is 1. The van der Waals surface area contributed by atoms with E-state index in [1.54, 1.807) is 0 Å². The first-order valence-corrected chi connectivity index (χ1v) is 7.62. The van der Waals surface area contributed by atoms with Gasteiger partial charge in [0.25, 0.3) is 0 Å². The maximum absolute atomic E-state index is 12.8. The van der Waals surface area contributed by atoms with E-state index < -0.39 is 47.7 Å². The number of carboxylic acids is 1. The van der Waals surface area contributed by atoms with Gasteiger partial charge in [0, 0.05) is 0 Å². The van der Waals surface area contributed by atoms with Crippen molar-refractivity contribution < 1.29 is 32.6 Å². The van der Waals surface area contributed by atoms with E-state index >= 15 is 0 Å². The lowest BCUT2D eigenvalue weighted by Crippen LogP contribution is -2.41. The van der Waals surface area contributed by atoms with Crippen molar-refractivity contribution in [2.24, 2.45) is 11.8 Å². The Morgan fingerprint density at radius 3 is 2.42 bits per heavy atom. The van der Waals surface area contributed by atoms with E-state index in [1.807, 2.05) is 0 Å². The predicted molar refractivity (Wildman–Crippen MR) is 77.6 cm³/mol. The summed E-state index contributed by atoms with van der Waals surface area (Å²) in [7, 11) is 0. The molecule has 4 atom stereocenters. The highest BCUT2D eigenvalue weighted by Crippen LogP contribution is 2.44. The van der Waals surface area contributed by atoms with Crippen LogP contribution < -0.4 is 5.32 Å². The number of ether oxygens (including phenoxy) is 1. The standard InChI is InChI=1S/C15H13ClF3NO4/c16-7-2-1-6(15(17,18)19)5-8(7)20-13(21)11-9-3-4-10(24-9)12(11)14(22)23/h1-2,5,9-12H,3-4H2,(H,20,21)(H,22,23)/t9-,10-,11-,12-/m1/s1. The normalized spacial score (nSPS) is 28.8. The van der Waals surface area contributed by atoms with E-state index in [2.05, 4.69) is 5.32 Å². The molecule has 2 aliphatic rings. The Morgan fingerprint density at radius 2 is 1.83 bits per heavy atom. The molecule has 0 radical (unpaired) electrons. The maximum atomic E-state index is 12.8. The van der Waals surface area contributed by atoms with Gasteiger partial charge >= 0.3 is 12.1 Å². The molecule has 2 aliphatic heterocycles. The van der Waals surface area contributed by atoms with Crippen LogP contribution in [0.15, 0.2) is 18.2 Å². The average molecular weight is 364 g/mol. The molecule has 2 bridgehead atoms. The van der Waals surface area contributed by atoms with Gasteiger partial charge in [0.15, 0.2) is 0 Å². The van der Waals surface area contributed by atoms with Gasteiger partial charge in [-0.15, -0.1) is 0 Å². The molecule has 1 aromatic rings. The SMILES string of the molecule is O=C(O)[C@H]1[C@H](C(=O)Nc2cc(C(F)(F)F)ccc2Cl)[C@H]2CC[C@H]1O2. The summed E-state index contributed by atoms with van der Waals surface area (Å²) in [4.78, 5) is 23.8. The number of nitrogens with one attached hydrogen (secondary N) is 1. The Hall–Kier alpha value is -1.80. The first-order chi connectivity index (χ1) is 11.2. The Labute approximate surface area is 139 Å². The van der Waals surface area contributed by atoms with E-state index in [0.717, 1.165) is 18.2 Å². The number of hydrogen-bond donors (Lipinski definition) is 2. The van der Waals surface area contributed by atoms with E-state index in [1.165, 1.54) is 0 Å². The first kappa shape index (κ1) is 17.0. The second-order valence-corrected chi connectivity index (χ2v) is 6.27. The highest BCUT2D eigenvalue weighted by molar-refractivity contribution is 6.33. The van der Waals surface area contributed by atoms with Crippen LogP contribution in [-0.2, 0) is 20.5 Å². The minimum absolute atomic E-state index is 0.0627. The highest BCUT2D eigenvalue weighted by Gasteiger charge is 2.55. The summed E-state index contributed by atoms with van der Waals surface area (Å²) in [5.41, 5.74) is -1.16. The fourth-order valence-electron chi connectivity index (χ4n) is 3.34. The second kappa shape index (κ2) is 5.93. The lowest BCUT2D eigenvalue weighted by Gasteiger charge is -2.24. The average Bonchev–Trinajstić information content (AvgIpc) is 3.08. The number of halogens is 4. The fraction of sp³-hybridized carbons (Fsp3) is 0.467. The maximum Gasteiger partial charge on any atom is 0.416 e. The van der Waals surface area contributed by atoms with Crippen molar-refractivity contribution in [3.05, 3.63) is 28.8 Å². The predicted octanol–water partition coefficient (Wildman–Crippen LogP) is 3.18. The molecule has 2 N–H and O–H groups in total.